The van der Waals surface area contributed by atoms with Gasteiger partial charge >= 0.3 is 0 Å². The lowest BCUT2D eigenvalue weighted by Gasteiger charge is -2.21. The van der Waals surface area contributed by atoms with E-state index in [-0.39, 0.29) is 24.5 Å². The van der Waals surface area contributed by atoms with Crippen molar-refractivity contribution in [1.29, 1.82) is 0 Å². The molecule has 0 fully saturated rings. The van der Waals surface area contributed by atoms with Crippen molar-refractivity contribution in [2.75, 3.05) is 13.7 Å². The summed E-state index contributed by atoms with van der Waals surface area (Å²) in [5, 5.41) is 18.4. The minimum absolute atomic E-state index is 0.0954. The van der Waals surface area contributed by atoms with E-state index in [1.165, 1.54) is 19.2 Å². The third-order valence-corrected chi connectivity index (χ3v) is 2.22. The summed E-state index contributed by atoms with van der Waals surface area (Å²) >= 11 is 0. The average Bonchev–Trinajstić information content (AvgIpc) is 2.24. The first-order valence-corrected chi connectivity index (χ1v) is 4.76. The molecule has 0 bridgehead atoms. The average molecular weight is 225 g/mol. The molecule has 1 aromatic rings. The number of hydrogen-bond acceptors (Lipinski definition) is 5. The van der Waals surface area contributed by atoms with Crippen molar-refractivity contribution in [2.24, 2.45) is 5.73 Å². The highest BCUT2D eigenvalue weighted by atomic mass is 16.5. The van der Waals surface area contributed by atoms with E-state index < -0.39 is 5.54 Å². The number of rotatable bonds is 5. The van der Waals surface area contributed by atoms with Crippen molar-refractivity contribution in [3.05, 3.63) is 23.8 Å². The van der Waals surface area contributed by atoms with Crippen LogP contribution in [-0.2, 0) is 16.0 Å². The predicted molar refractivity (Wildman–Crippen MR) is 58.3 cm³/mol. The summed E-state index contributed by atoms with van der Waals surface area (Å²) in [6.07, 6.45) is 0.860. The van der Waals surface area contributed by atoms with E-state index in [2.05, 4.69) is 0 Å². The number of aromatic hydroxyl groups is 2. The molecule has 0 aliphatic carbocycles. The molecular formula is C11H15NO4. The van der Waals surface area contributed by atoms with Gasteiger partial charge in [0.1, 0.15) is 6.29 Å². The molecule has 88 valence electrons. The van der Waals surface area contributed by atoms with E-state index in [1.807, 2.05) is 0 Å². The standard InChI is InChI=1S/C11H15NO4/c1-16-7-11(12,6-13)5-8-2-3-9(14)10(15)4-8/h2-4,6,14-15H,5,7,12H2,1H3. The molecule has 4 N–H and O–H groups in total. The van der Waals surface area contributed by atoms with E-state index in [0.717, 1.165) is 0 Å². The zero-order chi connectivity index (χ0) is 12.2. The molecule has 1 rings (SSSR count). The summed E-state index contributed by atoms with van der Waals surface area (Å²) in [6, 6.07) is 4.31. The van der Waals surface area contributed by atoms with Gasteiger partial charge in [0.05, 0.1) is 12.1 Å². The van der Waals surface area contributed by atoms with Gasteiger partial charge in [-0.1, -0.05) is 6.07 Å². The molecule has 0 radical (unpaired) electrons. The van der Waals surface area contributed by atoms with Crippen LogP contribution in [0.1, 0.15) is 5.56 Å². The van der Waals surface area contributed by atoms with Gasteiger partial charge in [0, 0.05) is 7.11 Å². The maximum atomic E-state index is 10.9. The molecule has 1 atom stereocenters. The Labute approximate surface area is 93.5 Å². The third kappa shape index (κ3) is 2.95. The van der Waals surface area contributed by atoms with Gasteiger partial charge in [0.15, 0.2) is 11.5 Å². The van der Waals surface area contributed by atoms with Gasteiger partial charge in [-0.3, -0.25) is 0 Å². The van der Waals surface area contributed by atoms with Crippen LogP contribution in [0, 0.1) is 0 Å². The monoisotopic (exact) mass is 225 g/mol. The van der Waals surface area contributed by atoms with E-state index in [4.69, 9.17) is 15.6 Å². The fraction of sp³-hybridized carbons (Fsp3) is 0.364. The maximum absolute atomic E-state index is 10.9. The Bertz CT molecular complexity index is 380. The van der Waals surface area contributed by atoms with E-state index >= 15 is 0 Å². The number of phenolic OH excluding ortho intramolecular Hbond substituents is 2. The number of nitrogens with two attached hydrogens (primary N) is 1. The third-order valence-electron chi connectivity index (χ3n) is 2.22. The molecule has 0 saturated carbocycles. The van der Waals surface area contributed by atoms with E-state index in [0.29, 0.717) is 11.8 Å². The van der Waals surface area contributed by atoms with Crippen molar-refractivity contribution < 1.29 is 19.7 Å². The maximum Gasteiger partial charge on any atom is 0.157 e. The summed E-state index contributed by atoms with van der Waals surface area (Å²) in [5.74, 6) is -0.438. The van der Waals surface area contributed by atoms with Crippen LogP contribution < -0.4 is 5.73 Å². The molecule has 5 nitrogen and oxygen atoms in total. The van der Waals surface area contributed by atoms with Gasteiger partial charge in [-0.15, -0.1) is 0 Å². The van der Waals surface area contributed by atoms with Crippen LogP contribution in [-0.4, -0.2) is 35.8 Å². The molecule has 1 aromatic carbocycles. The molecular weight excluding hydrogens is 210 g/mol. The molecule has 0 aliphatic rings. The number of phenols is 2. The van der Waals surface area contributed by atoms with Gasteiger partial charge < -0.3 is 25.5 Å². The highest BCUT2D eigenvalue weighted by Gasteiger charge is 2.25. The first-order chi connectivity index (χ1) is 7.50. The first kappa shape index (κ1) is 12.5. The normalized spacial score (nSPS) is 14.4. The largest absolute Gasteiger partial charge is 0.504 e. The lowest BCUT2D eigenvalue weighted by atomic mass is 9.94. The van der Waals surface area contributed by atoms with Crippen LogP contribution in [0.5, 0.6) is 11.5 Å². The molecule has 0 spiro atoms. The van der Waals surface area contributed by atoms with E-state index in [1.54, 1.807) is 6.07 Å². The summed E-state index contributed by atoms with van der Waals surface area (Å²) in [6.45, 7) is 0.0954. The van der Waals surface area contributed by atoms with Gasteiger partial charge in [0.25, 0.3) is 0 Å². The van der Waals surface area contributed by atoms with Crippen LogP contribution in [0.2, 0.25) is 0 Å². The van der Waals surface area contributed by atoms with Crippen LogP contribution in [0.25, 0.3) is 0 Å². The lowest BCUT2D eigenvalue weighted by molar-refractivity contribution is -0.113. The Morgan fingerprint density at radius 2 is 2.12 bits per heavy atom. The second-order valence-corrected chi connectivity index (χ2v) is 3.78. The zero-order valence-electron chi connectivity index (χ0n) is 9.01. The molecule has 16 heavy (non-hydrogen) atoms. The minimum Gasteiger partial charge on any atom is -0.504 e. The van der Waals surface area contributed by atoms with Crippen molar-refractivity contribution in [2.45, 2.75) is 12.0 Å². The topological polar surface area (TPSA) is 92.8 Å². The Morgan fingerprint density at radius 3 is 2.62 bits per heavy atom. The van der Waals surface area contributed by atoms with Crippen LogP contribution in [0.15, 0.2) is 18.2 Å². The summed E-state index contributed by atoms with van der Waals surface area (Å²) in [7, 11) is 1.46. The second-order valence-electron chi connectivity index (χ2n) is 3.78. The van der Waals surface area contributed by atoms with Gasteiger partial charge in [0.2, 0.25) is 0 Å². The number of carbonyl (C=O) groups is 1. The van der Waals surface area contributed by atoms with Crippen molar-refractivity contribution in [3.63, 3.8) is 0 Å². The van der Waals surface area contributed by atoms with Crippen LogP contribution in [0.4, 0.5) is 0 Å². The summed E-state index contributed by atoms with van der Waals surface area (Å²) in [4.78, 5) is 10.9. The summed E-state index contributed by atoms with van der Waals surface area (Å²) < 4.78 is 4.86. The molecule has 0 amide bonds. The minimum atomic E-state index is -1.11. The quantitative estimate of drug-likeness (QED) is 0.491. The highest BCUT2D eigenvalue weighted by molar-refractivity contribution is 5.65. The molecule has 0 heterocycles. The van der Waals surface area contributed by atoms with Crippen molar-refractivity contribution in [3.8, 4) is 11.5 Å². The fourth-order valence-electron chi connectivity index (χ4n) is 1.45. The zero-order valence-corrected chi connectivity index (χ0v) is 9.01. The number of methoxy groups -OCH3 is 1. The summed E-state index contributed by atoms with van der Waals surface area (Å²) in [5.41, 5.74) is 5.33. The molecule has 0 aromatic heterocycles. The first-order valence-electron chi connectivity index (χ1n) is 4.76. The number of aldehydes is 1. The molecule has 1 unspecified atom stereocenters. The van der Waals surface area contributed by atoms with Crippen LogP contribution >= 0.6 is 0 Å². The Hall–Kier alpha value is -1.59. The highest BCUT2D eigenvalue weighted by Crippen LogP contribution is 2.26. The Balaban J connectivity index is 2.86. The Morgan fingerprint density at radius 1 is 1.44 bits per heavy atom. The van der Waals surface area contributed by atoms with Gasteiger partial charge in [-0.2, -0.15) is 0 Å². The smallest absolute Gasteiger partial charge is 0.157 e. The molecule has 0 saturated heterocycles. The number of carbonyl (C=O) groups excluding carboxylic acids is 1. The number of benzene rings is 1. The molecule has 0 aliphatic heterocycles. The SMILES string of the molecule is COCC(N)(C=O)Cc1ccc(O)c(O)c1. The number of hydrogen-bond donors (Lipinski definition) is 3. The molecule has 5 heteroatoms. The van der Waals surface area contributed by atoms with Gasteiger partial charge in [-0.25, -0.2) is 0 Å². The fourth-order valence-corrected chi connectivity index (χ4v) is 1.45. The van der Waals surface area contributed by atoms with Crippen LogP contribution in [0.3, 0.4) is 0 Å². The lowest BCUT2D eigenvalue weighted by Crippen LogP contribution is -2.48. The predicted octanol–water partition coefficient (Wildman–Crippen LogP) is 0.183. The van der Waals surface area contributed by atoms with E-state index in [9.17, 15) is 9.90 Å². The number of ether oxygens (including phenoxy) is 1. The van der Waals surface area contributed by atoms with Crippen molar-refractivity contribution >= 4 is 6.29 Å². The Kier molecular flexibility index (Phi) is 3.87. The van der Waals surface area contributed by atoms with Crippen molar-refractivity contribution in [1.82, 2.24) is 0 Å². The van der Waals surface area contributed by atoms with Gasteiger partial charge in [-0.05, 0) is 24.1 Å². The second kappa shape index (κ2) is 4.96.